The van der Waals surface area contributed by atoms with Gasteiger partial charge in [-0.15, -0.1) is 0 Å². The van der Waals surface area contributed by atoms with Crippen LogP contribution in [0, 0.1) is 11.3 Å². The van der Waals surface area contributed by atoms with Crippen molar-refractivity contribution in [2.45, 2.75) is 51.2 Å². The Morgan fingerprint density at radius 2 is 2.04 bits per heavy atom. The van der Waals surface area contributed by atoms with E-state index in [1.807, 2.05) is 24.3 Å². The lowest BCUT2D eigenvalue weighted by Crippen LogP contribution is -2.45. The second-order valence-corrected chi connectivity index (χ2v) is 7.07. The van der Waals surface area contributed by atoms with E-state index in [1.54, 1.807) is 0 Å². The van der Waals surface area contributed by atoms with Gasteiger partial charge in [0.1, 0.15) is 18.2 Å². The third-order valence-electron chi connectivity index (χ3n) is 5.45. The molecule has 0 radical (unpaired) electrons. The Morgan fingerprint density at radius 1 is 1.22 bits per heavy atom. The number of aromatic nitrogens is 2. The number of nitrogens with zero attached hydrogens (tertiary/aromatic N) is 3. The second kappa shape index (κ2) is 6.88. The maximum atomic E-state index is 12.6. The van der Waals surface area contributed by atoms with Crippen LogP contribution in [0.15, 0.2) is 33.9 Å². The van der Waals surface area contributed by atoms with Crippen molar-refractivity contribution in [1.29, 1.82) is 5.26 Å². The molecule has 0 saturated carbocycles. The third-order valence-corrected chi connectivity index (χ3v) is 5.45. The van der Waals surface area contributed by atoms with Crippen molar-refractivity contribution >= 4 is 5.91 Å². The quantitative estimate of drug-likeness (QED) is 0.879. The lowest BCUT2D eigenvalue weighted by atomic mass is 9.88. The first-order chi connectivity index (χ1) is 13.1. The van der Waals surface area contributed by atoms with Crippen LogP contribution in [0.5, 0.6) is 0 Å². The summed E-state index contributed by atoms with van der Waals surface area (Å²) in [6.45, 7) is 0.103. The van der Waals surface area contributed by atoms with Crippen molar-refractivity contribution in [2.24, 2.45) is 0 Å². The first-order valence-corrected chi connectivity index (χ1v) is 9.24. The van der Waals surface area contributed by atoms with Gasteiger partial charge in [-0.05, 0) is 43.2 Å². The van der Waals surface area contributed by atoms with Crippen LogP contribution >= 0.6 is 0 Å². The summed E-state index contributed by atoms with van der Waals surface area (Å²) in [5.74, 6) is -0.390. The number of amides is 1. The highest BCUT2D eigenvalue weighted by Gasteiger charge is 2.25. The fourth-order valence-electron chi connectivity index (χ4n) is 4.18. The summed E-state index contributed by atoms with van der Waals surface area (Å²) >= 11 is 0. The number of benzene rings is 1. The largest absolute Gasteiger partial charge is 0.348 e. The average molecular weight is 364 g/mol. The van der Waals surface area contributed by atoms with Crippen molar-refractivity contribution in [3.63, 3.8) is 0 Å². The summed E-state index contributed by atoms with van der Waals surface area (Å²) in [6.07, 6.45) is 4.05. The summed E-state index contributed by atoms with van der Waals surface area (Å²) in [6, 6.07) is 9.78. The SMILES string of the molecule is N#Cc1c2n(c(=O)n(CC(=O)N[C@H]3CCCc4ccccc43)c1=O)CCC2. The van der Waals surface area contributed by atoms with E-state index in [4.69, 9.17) is 0 Å². The first-order valence-electron chi connectivity index (χ1n) is 9.24. The predicted octanol–water partition coefficient (Wildman–Crippen LogP) is 1.02. The van der Waals surface area contributed by atoms with Gasteiger partial charge in [-0.2, -0.15) is 5.26 Å². The van der Waals surface area contributed by atoms with Crippen LogP contribution in [0.2, 0.25) is 0 Å². The maximum Gasteiger partial charge on any atom is 0.331 e. The van der Waals surface area contributed by atoms with Crippen LogP contribution in [-0.4, -0.2) is 15.0 Å². The zero-order chi connectivity index (χ0) is 19.0. The summed E-state index contributed by atoms with van der Waals surface area (Å²) in [5.41, 5.74) is 1.59. The Morgan fingerprint density at radius 3 is 2.85 bits per heavy atom. The van der Waals surface area contributed by atoms with Crippen LogP contribution < -0.4 is 16.6 Å². The number of fused-ring (bicyclic) bond motifs is 2. The van der Waals surface area contributed by atoms with Crippen LogP contribution in [0.3, 0.4) is 0 Å². The van der Waals surface area contributed by atoms with E-state index in [0.29, 0.717) is 18.7 Å². The van der Waals surface area contributed by atoms with E-state index in [1.165, 1.54) is 10.1 Å². The van der Waals surface area contributed by atoms with Gasteiger partial charge in [-0.25, -0.2) is 9.36 Å². The van der Waals surface area contributed by atoms with Crippen LogP contribution in [0.4, 0.5) is 0 Å². The number of nitriles is 1. The number of rotatable bonds is 3. The molecule has 7 heteroatoms. The van der Waals surface area contributed by atoms with Gasteiger partial charge >= 0.3 is 5.69 Å². The third kappa shape index (κ3) is 2.97. The van der Waals surface area contributed by atoms with E-state index in [2.05, 4.69) is 11.4 Å². The highest BCUT2D eigenvalue weighted by atomic mass is 16.2. The van der Waals surface area contributed by atoms with Gasteiger partial charge in [0.15, 0.2) is 0 Å². The summed E-state index contributed by atoms with van der Waals surface area (Å²) in [5, 5.41) is 12.3. The number of carbonyl (C=O) groups is 1. The molecule has 1 atom stereocenters. The molecule has 2 heterocycles. The molecule has 0 spiro atoms. The summed E-state index contributed by atoms with van der Waals surface area (Å²) in [4.78, 5) is 37.8. The fourth-order valence-corrected chi connectivity index (χ4v) is 4.18. The van der Waals surface area contributed by atoms with E-state index in [0.717, 1.165) is 35.8 Å². The molecule has 2 aliphatic rings. The number of nitrogens with one attached hydrogen (secondary N) is 1. The molecule has 1 N–H and O–H groups in total. The molecule has 1 aliphatic heterocycles. The molecule has 27 heavy (non-hydrogen) atoms. The van der Waals surface area contributed by atoms with E-state index in [9.17, 15) is 19.6 Å². The van der Waals surface area contributed by atoms with Crippen LogP contribution in [0.25, 0.3) is 0 Å². The number of hydrogen-bond donors (Lipinski definition) is 1. The Labute approximate surface area is 155 Å². The molecule has 1 aromatic heterocycles. The highest BCUT2D eigenvalue weighted by molar-refractivity contribution is 5.76. The van der Waals surface area contributed by atoms with Crippen molar-refractivity contribution < 1.29 is 4.79 Å². The standard InChI is InChI=1S/C20H20N4O3/c21-11-15-17-9-4-10-23(17)20(27)24(19(15)26)12-18(25)22-16-8-3-6-13-5-1-2-7-14(13)16/h1-2,5,7,16H,3-4,6,8-10,12H2,(H,22,25)/t16-/m0/s1. The minimum absolute atomic E-state index is 0.0251. The van der Waals surface area contributed by atoms with Gasteiger partial charge < -0.3 is 5.32 Å². The Hall–Kier alpha value is -3.14. The van der Waals surface area contributed by atoms with Gasteiger partial charge in [0.05, 0.1) is 6.04 Å². The lowest BCUT2D eigenvalue weighted by molar-refractivity contribution is -0.122. The molecule has 7 nitrogen and oxygen atoms in total. The van der Waals surface area contributed by atoms with Crippen molar-refractivity contribution in [2.75, 3.05) is 0 Å². The van der Waals surface area contributed by atoms with Gasteiger partial charge in [0.2, 0.25) is 5.91 Å². The van der Waals surface area contributed by atoms with Crippen LogP contribution in [-0.2, 0) is 30.7 Å². The molecule has 1 aliphatic carbocycles. The molecule has 0 bridgehead atoms. The predicted molar refractivity (Wildman–Crippen MR) is 98.3 cm³/mol. The molecular formula is C20H20N4O3. The Kier molecular flexibility index (Phi) is 4.40. The maximum absolute atomic E-state index is 12.6. The first kappa shape index (κ1) is 17.3. The molecule has 0 saturated heterocycles. The summed E-state index contributed by atoms with van der Waals surface area (Å²) < 4.78 is 2.33. The van der Waals surface area contributed by atoms with Crippen molar-refractivity contribution in [1.82, 2.24) is 14.5 Å². The van der Waals surface area contributed by atoms with Gasteiger partial charge in [-0.1, -0.05) is 24.3 Å². The average Bonchev–Trinajstić information content (AvgIpc) is 3.16. The molecule has 2 aromatic rings. The molecule has 0 unspecified atom stereocenters. The molecule has 0 fully saturated rings. The number of carbonyl (C=O) groups excluding carboxylic acids is 1. The molecule has 138 valence electrons. The lowest BCUT2D eigenvalue weighted by Gasteiger charge is -2.26. The van der Waals surface area contributed by atoms with Crippen molar-refractivity contribution in [3.8, 4) is 6.07 Å². The zero-order valence-electron chi connectivity index (χ0n) is 14.9. The van der Waals surface area contributed by atoms with Gasteiger partial charge in [-0.3, -0.25) is 14.2 Å². The molecule has 4 rings (SSSR count). The van der Waals surface area contributed by atoms with Gasteiger partial charge in [0, 0.05) is 12.2 Å². The van der Waals surface area contributed by atoms with Crippen LogP contribution in [0.1, 0.15) is 47.7 Å². The smallest absolute Gasteiger partial charge is 0.331 e. The molecular weight excluding hydrogens is 344 g/mol. The minimum atomic E-state index is -0.671. The number of hydrogen-bond acceptors (Lipinski definition) is 4. The fraction of sp³-hybridized carbons (Fsp3) is 0.400. The van der Waals surface area contributed by atoms with Gasteiger partial charge in [0.25, 0.3) is 5.56 Å². The van der Waals surface area contributed by atoms with E-state index >= 15 is 0 Å². The number of aryl methyl sites for hydroxylation is 1. The second-order valence-electron chi connectivity index (χ2n) is 7.07. The van der Waals surface area contributed by atoms with E-state index in [-0.39, 0.29) is 18.2 Å². The topological polar surface area (TPSA) is 96.9 Å². The monoisotopic (exact) mass is 364 g/mol. The summed E-state index contributed by atoms with van der Waals surface area (Å²) in [7, 11) is 0. The molecule has 1 aromatic carbocycles. The highest BCUT2D eigenvalue weighted by Crippen LogP contribution is 2.29. The Bertz CT molecular complexity index is 1070. The Balaban J connectivity index is 1.61. The normalized spacial score (nSPS) is 17.7. The van der Waals surface area contributed by atoms with E-state index < -0.39 is 17.2 Å². The van der Waals surface area contributed by atoms with Crippen molar-refractivity contribution in [3.05, 3.63) is 67.5 Å². The molecule has 1 amide bonds. The minimum Gasteiger partial charge on any atom is -0.348 e. The zero-order valence-corrected chi connectivity index (χ0v) is 14.9.